The van der Waals surface area contributed by atoms with Crippen LogP contribution in [-0.2, 0) is 6.18 Å². The number of furan rings is 2. The van der Waals surface area contributed by atoms with Crippen LogP contribution in [0.25, 0.3) is 33.1 Å². The van der Waals surface area contributed by atoms with E-state index in [1.807, 2.05) is 24.3 Å². The molecule has 0 radical (unpaired) electrons. The van der Waals surface area contributed by atoms with Crippen LogP contribution in [0.5, 0.6) is 11.5 Å². The van der Waals surface area contributed by atoms with Gasteiger partial charge in [-0.2, -0.15) is 13.2 Å². The first kappa shape index (κ1) is 38.0. The first-order valence-electron chi connectivity index (χ1n) is 21.5. The van der Waals surface area contributed by atoms with Crippen molar-refractivity contribution >= 4 is 84.9 Å². The Morgan fingerprint density at radius 1 is 0.635 bits per heavy atom. The number of para-hydroxylation sites is 1. The lowest BCUT2D eigenvalue weighted by Gasteiger charge is -2.52. The van der Waals surface area contributed by atoms with Crippen LogP contribution in [0.2, 0.25) is 0 Å². The van der Waals surface area contributed by atoms with E-state index in [-0.39, 0.29) is 17.7 Å². The van der Waals surface area contributed by atoms with E-state index in [0.717, 1.165) is 100 Å². The lowest BCUT2D eigenvalue weighted by Crippen LogP contribution is -2.59. The molecule has 11 heteroatoms. The molecule has 4 aliphatic rings. The SMILES string of the molecule is COc1ccc(N2C3=C(B4c5cc6oc7c8cc(C(F)(F)F)ccc8oc7c6cc5N(c5ccc(OC)cc5)c5cc(C)cc2c54)C2(C)CCCCC2(C)N3c2ccccc2)cc1. The largest absolute Gasteiger partial charge is 0.497 e. The number of alkyl halides is 3. The molecule has 0 bridgehead atoms. The van der Waals surface area contributed by atoms with Crippen molar-refractivity contribution in [3.63, 3.8) is 0 Å². The van der Waals surface area contributed by atoms with Crippen molar-refractivity contribution in [2.75, 3.05) is 28.9 Å². The van der Waals surface area contributed by atoms with E-state index >= 15 is 0 Å². The van der Waals surface area contributed by atoms with E-state index in [2.05, 4.69) is 114 Å². The number of fused-ring (bicyclic) bond motifs is 10. The number of halogens is 3. The van der Waals surface area contributed by atoms with Crippen molar-refractivity contribution in [1.82, 2.24) is 0 Å². The highest BCUT2D eigenvalue weighted by Crippen LogP contribution is 2.64. The first-order chi connectivity index (χ1) is 30.4. The highest BCUT2D eigenvalue weighted by atomic mass is 19.4. The van der Waals surface area contributed by atoms with Crippen LogP contribution in [0, 0.1) is 12.3 Å². The van der Waals surface area contributed by atoms with Crippen LogP contribution < -0.4 is 35.1 Å². The molecule has 8 aromatic rings. The van der Waals surface area contributed by atoms with Crippen molar-refractivity contribution in [3.05, 3.63) is 144 Å². The number of ether oxygens (including phenoxy) is 2. The number of benzene rings is 6. The van der Waals surface area contributed by atoms with Crippen LogP contribution in [0.15, 0.2) is 141 Å². The molecule has 2 aromatic heterocycles. The molecule has 2 atom stereocenters. The summed E-state index contributed by atoms with van der Waals surface area (Å²) in [6.07, 6.45) is -0.315. The van der Waals surface area contributed by atoms with E-state index in [1.54, 1.807) is 14.2 Å². The maximum Gasteiger partial charge on any atom is 0.416 e. The van der Waals surface area contributed by atoms with Gasteiger partial charge >= 0.3 is 6.18 Å². The van der Waals surface area contributed by atoms with Crippen molar-refractivity contribution in [1.29, 1.82) is 0 Å². The summed E-state index contributed by atoms with van der Waals surface area (Å²) < 4.78 is 66.6. The lowest BCUT2D eigenvalue weighted by atomic mass is 9.29. The third-order valence-corrected chi connectivity index (χ3v) is 14.7. The van der Waals surface area contributed by atoms with E-state index in [0.29, 0.717) is 33.1 Å². The van der Waals surface area contributed by atoms with E-state index in [1.165, 1.54) is 17.0 Å². The molecule has 5 heterocycles. The minimum absolute atomic E-state index is 0.213. The number of hydrogen-bond donors (Lipinski definition) is 0. The standard InChI is InChI=1S/C52H43BF3N3O4/c1-30-25-41-45-42(26-30)58(33-16-20-36(61-5)21-17-33)49-48(50(2)23-9-10-24-51(50,3)59(49)34-11-7-6-8-12-34)53(45)39-29-44-38(28-40(39)57(41)32-14-18-35(60-4)19-15-32)47-46(63-44)37-27-31(52(54,55)56)13-22-43(37)62-47/h6-8,11-22,25-29H,9-10,23-24H2,1-5H3. The predicted octanol–water partition coefficient (Wildman–Crippen LogP) is 12.8. The minimum Gasteiger partial charge on any atom is -0.497 e. The maximum atomic E-state index is 14.1. The molecule has 1 aliphatic carbocycles. The zero-order chi connectivity index (χ0) is 43.2. The van der Waals surface area contributed by atoms with Crippen LogP contribution in [-0.4, -0.2) is 26.5 Å². The Morgan fingerprint density at radius 3 is 1.89 bits per heavy atom. The molecule has 1 saturated carbocycles. The van der Waals surface area contributed by atoms with Crippen molar-refractivity contribution < 1.29 is 31.5 Å². The van der Waals surface area contributed by atoms with Gasteiger partial charge in [0.25, 0.3) is 6.71 Å². The zero-order valence-corrected chi connectivity index (χ0v) is 35.6. The molecule has 6 aromatic carbocycles. The Kier molecular flexibility index (Phi) is 7.92. The van der Waals surface area contributed by atoms with Crippen LogP contribution >= 0.6 is 0 Å². The summed E-state index contributed by atoms with van der Waals surface area (Å²) in [5.74, 6) is 2.67. The molecule has 2 unspecified atom stereocenters. The maximum absolute atomic E-state index is 14.1. The molecular weight excluding hydrogens is 798 g/mol. The molecule has 1 fully saturated rings. The lowest BCUT2D eigenvalue weighted by molar-refractivity contribution is -0.137. The van der Waals surface area contributed by atoms with Gasteiger partial charge in [-0.15, -0.1) is 0 Å². The number of methoxy groups -OCH3 is 2. The summed E-state index contributed by atoms with van der Waals surface area (Å²) in [4.78, 5) is 7.44. The van der Waals surface area contributed by atoms with Crippen LogP contribution in [0.4, 0.5) is 47.3 Å². The van der Waals surface area contributed by atoms with Gasteiger partial charge in [0.1, 0.15) is 28.5 Å². The summed E-state index contributed by atoms with van der Waals surface area (Å²) >= 11 is 0. The van der Waals surface area contributed by atoms with Crippen LogP contribution in [0.3, 0.4) is 0 Å². The predicted molar refractivity (Wildman–Crippen MR) is 246 cm³/mol. The second-order valence-corrected chi connectivity index (χ2v) is 17.9. The van der Waals surface area contributed by atoms with E-state index < -0.39 is 11.7 Å². The monoisotopic (exact) mass is 841 g/mol. The fourth-order valence-corrected chi connectivity index (χ4v) is 11.6. The minimum atomic E-state index is -4.52. The Bertz CT molecular complexity index is 3210. The Hall–Kier alpha value is -6.75. The summed E-state index contributed by atoms with van der Waals surface area (Å²) in [6, 6.07) is 39.7. The zero-order valence-electron chi connectivity index (χ0n) is 35.6. The van der Waals surface area contributed by atoms with Gasteiger partial charge in [0.2, 0.25) is 0 Å². The summed E-state index contributed by atoms with van der Waals surface area (Å²) in [5, 5.41) is 0.985. The van der Waals surface area contributed by atoms with Gasteiger partial charge in [0.05, 0.1) is 36.1 Å². The summed E-state index contributed by atoms with van der Waals surface area (Å²) in [6.45, 7) is 6.88. The number of nitrogens with zero attached hydrogens (tertiary/aromatic N) is 3. The molecule has 0 saturated heterocycles. The molecule has 12 rings (SSSR count). The average molecular weight is 842 g/mol. The van der Waals surface area contributed by atoms with Crippen molar-refractivity contribution in [3.8, 4) is 11.5 Å². The van der Waals surface area contributed by atoms with E-state index in [4.69, 9.17) is 18.3 Å². The molecule has 3 aliphatic heterocycles. The molecule has 0 spiro atoms. The second kappa shape index (κ2) is 13.1. The molecule has 314 valence electrons. The summed E-state index contributed by atoms with van der Waals surface area (Å²) in [7, 11) is 3.36. The first-order valence-corrected chi connectivity index (χ1v) is 21.5. The van der Waals surface area contributed by atoms with Gasteiger partial charge in [-0.3, -0.25) is 4.90 Å². The molecule has 0 N–H and O–H groups in total. The van der Waals surface area contributed by atoms with Crippen molar-refractivity contribution in [2.24, 2.45) is 5.41 Å². The molecule has 7 nitrogen and oxygen atoms in total. The average Bonchev–Trinajstić information content (AvgIpc) is 3.89. The number of rotatable bonds is 5. The highest BCUT2D eigenvalue weighted by Gasteiger charge is 2.65. The van der Waals surface area contributed by atoms with Gasteiger partial charge in [0, 0.05) is 39.5 Å². The Labute approximate surface area is 363 Å². The fourth-order valence-electron chi connectivity index (χ4n) is 11.6. The normalized spacial score (nSPS) is 20.4. The third-order valence-electron chi connectivity index (χ3n) is 14.7. The highest BCUT2D eigenvalue weighted by molar-refractivity contribution is 6.95. The number of anilines is 6. The topological polar surface area (TPSA) is 54.5 Å². The van der Waals surface area contributed by atoms with Gasteiger partial charge in [-0.1, -0.05) is 38.0 Å². The third kappa shape index (κ3) is 5.16. The Balaban J connectivity index is 1.21. The second-order valence-electron chi connectivity index (χ2n) is 17.9. The van der Waals surface area contributed by atoms with Crippen molar-refractivity contribution in [2.45, 2.75) is 58.2 Å². The Morgan fingerprint density at radius 2 is 1.24 bits per heavy atom. The van der Waals surface area contributed by atoms with Gasteiger partial charge in [0.15, 0.2) is 11.2 Å². The molecule has 63 heavy (non-hydrogen) atoms. The van der Waals surface area contributed by atoms with Gasteiger partial charge in [-0.05, 0) is 152 Å². The van der Waals surface area contributed by atoms with E-state index in [9.17, 15) is 13.2 Å². The molecular formula is C52H43BF3N3O4. The van der Waals surface area contributed by atoms with Gasteiger partial charge < -0.3 is 28.1 Å². The summed E-state index contributed by atoms with van der Waals surface area (Å²) in [5.41, 5.74) is 11.1. The smallest absolute Gasteiger partial charge is 0.416 e. The number of aryl methyl sites for hydroxylation is 1. The van der Waals surface area contributed by atoms with Crippen LogP contribution in [0.1, 0.15) is 50.7 Å². The number of hydrogen-bond acceptors (Lipinski definition) is 7. The molecule has 0 amide bonds. The van der Waals surface area contributed by atoms with Gasteiger partial charge in [-0.25, -0.2) is 0 Å². The quantitative estimate of drug-likeness (QED) is 0.160. The fraction of sp³-hybridized carbons (Fsp3) is 0.231.